The lowest BCUT2D eigenvalue weighted by Gasteiger charge is -1.98. The van der Waals surface area contributed by atoms with E-state index in [4.69, 9.17) is 0 Å². The number of rotatable bonds is 1. The molecule has 0 aromatic carbocycles. The Morgan fingerprint density at radius 2 is 2.17 bits per heavy atom. The summed E-state index contributed by atoms with van der Waals surface area (Å²) in [5, 5.41) is 2.21. The van der Waals surface area contributed by atoms with Gasteiger partial charge in [-0.2, -0.15) is 0 Å². The van der Waals surface area contributed by atoms with Crippen LogP contribution in [0.5, 0.6) is 0 Å². The molecule has 0 aliphatic carbocycles. The van der Waals surface area contributed by atoms with Crippen LogP contribution >= 0.6 is 0 Å². The van der Waals surface area contributed by atoms with Crippen molar-refractivity contribution in [1.82, 2.24) is 0 Å². The van der Waals surface area contributed by atoms with Crippen LogP contribution < -0.4 is 5.32 Å². The maximum absolute atomic E-state index is 9.22. The largest absolute Gasteiger partial charge is 0.726 e. The number of quaternary nitrogens is 1. The van der Waals surface area contributed by atoms with Gasteiger partial charge in [-0.3, -0.25) is 4.18 Å². The molecule has 1 aliphatic heterocycles. The number of hydrogen-bond donors (Lipinski definition) is 1. The molecule has 0 aromatic heterocycles. The minimum absolute atomic E-state index is 0.808. The first-order chi connectivity index (χ1) is 5.56. The van der Waals surface area contributed by atoms with E-state index in [0.29, 0.717) is 0 Å². The maximum Gasteiger partial charge on any atom is 0.217 e. The number of nitrogens with two attached hydrogens (primary N) is 1. The van der Waals surface area contributed by atoms with Crippen LogP contribution in [0.15, 0.2) is 12.3 Å². The highest BCUT2D eigenvalue weighted by Crippen LogP contribution is 1.86. The smallest absolute Gasteiger partial charge is 0.217 e. The van der Waals surface area contributed by atoms with Gasteiger partial charge in [0.1, 0.15) is 0 Å². The Balaban J connectivity index is 0.000000202. The predicted octanol–water partition coefficient (Wildman–Crippen LogP) is -1.05. The summed E-state index contributed by atoms with van der Waals surface area (Å²) >= 11 is 0. The van der Waals surface area contributed by atoms with E-state index in [1.807, 2.05) is 0 Å². The van der Waals surface area contributed by atoms with Crippen molar-refractivity contribution >= 4 is 10.4 Å². The van der Waals surface area contributed by atoms with Crippen molar-refractivity contribution in [3.8, 4) is 0 Å². The van der Waals surface area contributed by atoms with Crippen molar-refractivity contribution < 1.29 is 22.5 Å². The average molecular weight is 195 g/mol. The van der Waals surface area contributed by atoms with Crippen molar-refractivity contribution in [2.75, 3.05) is 13.7 Å². The molecule has 2 N–H and O–H groups in total. The second kappa shape index (κ2) is 6.13. The molecule has 0 bridgehead atoms. The third-order valence-corrected chi connectivity index (χ3v) is 1.63. The zero-order valence-electron chi connectivity index (χ0n) is 6.89. The highest BCUT2D eigenvalue weighted by Gasteiger charge is 1.89. The van der Waals surface area contributed by atoms with Gasteiger partial charge in [0.25, 0.3) is 0 Å². The molecule has 5 nitrogen and oxygen atoms in total. The van der Waals surface area contributed by atoms with Crippen molar-refractivity contribution in [3.05, 3.63) is 12.3 Å². The molecule has 0 aromatic rings. The summed E-state index contributed by atoms with van der Waals surface area (Å²) in [6, 6.07) is 0. The van der Waals surface area contributed by atoms with E-state index < -0.39 is 10.4 Å². The number of hydrogen-bond acceptors (Lipinski definition) is 4. The Morgan fingerprint density at radius 1 is 1.58 bits per heavy atom. The molecule has 0 amide bonds. The van der Waals surface area contributed by atoms with E-state index in [-0.39, 0.29) is 0 Å². The zero-order chi connectivity index (χ0) is 9.45. The molecule has 0 radical (unpaired) electrons. The predicted molar refractivity (Wildman–Crippen MR) is 41.9 cm³/mol. The molecule has 0 saturated carbocycles. The van der Waals surface area contributed by atoms with E-state index in [0.717, 1.165) is 7.11 Å². The fourth-order valence-corrected chi connectivity index (χ4v) is 0.642. The van der Waals surface area contributed by atoms with Crippen LogP contribution in [-0.4, -0.2) is 26.6 Å². The molecule has 0 fully saturated rings. The van der Waals surface area contributed by atoms with Crippen LogP contribution in [0.1, 0.15) is 12.8 Å². The van der Waals surface area contributed by atoms with Gasteiger partial charge in [-0.25, -0.2) is 8.42 Å². The van der Waals surface area contributed by atoms with Gasteiger partial charge in [0.2, 0.25) is 10.4 Å². The topological polar surface area (TPSA) is 83.0 Å². The highest BCUT2D eigenvalue weighted by atomic mass is 32.3. The van der Waals surface area contributed by atoms with E-state index in [1.54, 1.807) is 0 Å². The number of allylic oxidation sites excluding steroid dienone is 1. The van der Waals surface area contributed by atoms with Crippen LogP contribution in [0.25, 0.3) is 0 Å². The summed E-state index contributed by atoms with van der Waals surface area (Å²) in [5.74, 6) is 0. The van der Waals surface area contributed by atoms with E-state index in [9.17, 15) is 13.0 Å². The normalized spacial score (nSPS) is 16.5. The van der Waals surface area contributed by atoms with Crippen LogP contribution in [-0.2, 0) is 14.6 Å². The standard InChI is InChI=1S/C5H9N.CH4O4S/c1-2-4-6-5-3-1;1-5-6(2,3)4/h2,4,6H,1,3,5H2;1H3,(H,2,3,4). The first-order valence-corrected chi connectivity index (χ1v) is 4.89. The van der Waals surface area contributed by atoms with E-state index >= 15 is 0 Å². The van der Waals surface area contributed by atoms with E-state index in [2.05, 4.69) is 21.8 Å². The van der Waals surface area contributed by atoms with Crippen molar-refractivity contribution in [2.24, 2.45) is 0 Å². The molecule has 0 spiro atoms. The Labute approximate surface area is 72.4 Å². The van der Waals surface area contributed by atoms with Crippen LogP contribution in [0, 0.1) is 0 Å². The van der Waals surface area contributed by atoms with E-state index in [1.165, 1.54) is 19.4 Å². The monoisotopic (exact) mass is 195 g/mol. The maximum atomic E-state index is 9.22. The first kappa shape index (κ1) is 11.6. The van der Waals surface area contributed by atoms with Gasteiger partial charge < -0.3 is 9.87 Å². The van der Waals surface area contributed by atoms with Gasteiger partial charge >= 0.3 is 0 Å². The lowest BCUT2D eigenvalue weighted by Crippen LogP contribution is -2.78. The fourth-order valence-electron chi connectivity index (χ4n) is 0.642. The lowest BCUT2D eigenvalue weighted by atomic mass is 10.2. The van der Waals surface area contributed by atoms with Gasteiger partial charge in [0.05, 0.1) is 19.9 Å². The summed E-state index contributed by atoms with van der Waals surface area (Å²) < 4.78 is 31.0. The van der Waals surface area contributed by atoms with Gasteiger partial charge in [0, 0.05) is 6.42 Å². The van der Waals surface area contributed by atoms with Gasteiger partial charge in [-0.05, 0) is 12.5 Å². The summed E-state index contributed by atoms with van der Waals surface area (Å²) in [7, 11) is -3.60. The third-order valence-electron chi connectivity index (χ3n) is 1.22. The van der Waals surface area contributed by atoms with Crippen molar-refractivity contribution in [1.29, 1.82) is 0 Å². The van der Waals surface area contributed by atoms with Gasteiger partial charge in [-0.15, -0.1) is 0 Å². The molecule has 72 valence electrons. The second-order valence-electron chi connectivity index (χ2n) is 2.17. The SMILES string of the molecule is C1=C[NH2+]CCC1.COS(=O)(=O)[O-]. The minimum Gasteiger partial charge on any atom is -0.726 e. The third kappa shape index (κ3) is 9.57. The lowest BCUT2D eigenvalue weighted by molar-refractivity contribution is -0.591. The van der Waals surface area contributed by atoms with Gasteiger partial charge in [-0.1, -0.05) is 0 Å². The molecule has 1 rings (SSSR count). The van der Waals surface area contributed by atoms with Crippen LogP contribution in [0.2, 0.25) is 0 Å². The second-order valence-corrected chi connectivity index (χ2v) is 3.32. The Hall–Kier alpha value is -0.430. The molecule has 1 heterocycles. The van der Waals surface area contributed by atoms with Gasteiger partial charge in [0.15, 0.2) is 0 Å². The molecule has 12 heavy (non-hydrogen) atoms. The molecular weight excluding hydrogens is 182 g/mol. The molecular formula is C6H13NO4S. The quantitative estimate of drug-likeness (QED) is 0.427. The Bertz CT molecular complexity index is 214. The minimum atomic E-state index is -4.41. The molecule has 0 atom stereocenters. The summed E-state index contributed by atoms with van der Waals surface area (Å²) in [5.41, 5.74) is 0. The fraction of sp³-hybridized carbons (Fsp3) is 0.667. The van der Waals surface area contributed by atoms with Crippen molar-refractivity contribution in [2.45, 2.75) is 12.8 Å². The van der Waals surface area contributed by atoms with Crippen molar-refractivity contribution in [3.63, 3.8) is 0 Å². The summed E-state index contributed by atoms with van der Waals surface area (Å²) in [6.45, 7) is 1.29. The molecule has 1 aliphatic rings. The summed E-state index contributed by atoms with van der Waals surface area (Å²) in [6.07, 6.45) is 7.00. The summed E-state index contributed by atoms with van der Waals surface area (Å²) in [4.78, 5) is 0. The highest BCUT2D eigenvalue weighted by molar-refractivity contribution is 7.80. The zero-order valence-corrected chi connectivity index (χ0v) is 7.71. The Kier molecular flexibility index (Phi) is 5.91. The van der Waals surface area contributed by atoms with Crippen LogP contribution in [0.3, 0.4) is 0 Å². The van der Waals surface area contributed by atoms with Crippen LogP contribution in [0.4, 0.5) is 0 Å². The molecule has 0 unspecified atom stereocenters. The molecule has 0 saturated heterocycles. The first-order valence-electron chi connectivity index (χ1n) is 3.56. The average Bonchev–Trinajstić information content (AvgIpc) is 2.07. The molecule has 6 heteroatoms. The Morgan fingerprint density at radius 3 is 2.25 bits per heavy atom.